The van der Waals surface area contributed by atoms with Crippen LogP contribution in [0.3, 0.4) is 0 Å². The van der Waals surface area contributed by atoms with Crippen molar-refractivity contribution in [2.75, 3.05) is 32.7 Å². The minimum atomic E-state index is -0.383. The summed E-state index contributed by atoms with van der Waals surface area (Å²) in [5.74, 6) is 0.880. The molecular formula is C18H22N2O4S2. The Morgan fingerprint density at radius 3 is 2.50 bits per heavy atom. The first-order valence-electron chi connectivity index (χ1n) is 8.12. The molecule has 0 aliphatic heterocycles. The van der Waals surface area contributed by atoms with Gasteiger partial charge in [0.2, 0.25) is 0 Å². The molecule has 1 aromatic heterocycles. The van der Waals surface area contributed by atoms with E-state index in [-0.39, 0.29) is 5.97 Å². The monoisotopic (exact) mass is 394 g/mol. The van der Waals surface area contributed by atoms with Gasteiger partial charge < -0.3 is 24.8 Å². The molecule has 2 aromatic rings. The van der Waals surface area contributed by atoms with Crippen LogP contribution in [0.4, 0.5) is 5.69 Å². The van der Waals surface area contributed by atoms with Crippen molar-refractivity contribution in [1.82, 2.24) is 5.32 Å². The van der Waals surface area contributed by atoms with Crippen LogP contribution in [0.15, 0.2) is 24.3 Å². The number of carbonyl (C=O) groups excluding carboxylic acids is 1. The van der Waals surface area contributed by atoms with E-state index in [9.17, 15) is 4.79 Å². The summed E-state index contributed by atoms with van der Waals surface area (Å²) in [5.41, 5.74) is 1.52. The minimum absolute atomic E-state index is 0.305. The van der Waals surface area contributed by atoms with E-state index in [0.717, 1.165) is 10.4 Å². The molecule has 0 amide bonds. The van der Waals surface area contributed by atoms with Gasteiger partial charge in [-0.05, 0) is 55.9 Å². The van der Waals surface area contributed by atoms with E-state index in [4.69, 9.17) is 26.4 Å². The molecule has 26 heavy (non-hydrogen) atoms. The van der Waals surface area contributed by atoms with Crippen molar-refractivity contribution < 1.29 is 19.0 Å². The lowest BCUT2D eigenvalue weighted by Crippen LogP contribution is -2.28. The molecule has 0 atom stereocenters. The van der Waals surface area contributed by atoms with E-state index in [1.807, 2.05) is 31.2 Å². The molecule has 6 nitrogen and oxygen atoms in total. The average molecular weight is 395 g/mol. The highest BCUT2D eigenvalue weighted by molar-refractivity contribution is 7.80. The summed E-state index contributed by atoms with van der Waals surface area (Å²) in [7, 11) is 3.17. The van der Waals surface area contributed by atoms with Crippen LogP contribution in [0.1, 0.15) is 23.5 Å². The first kappa shape index (κ1) is 20.0. The molecule has 0 spiro atoms. The van der Waals surface area contributed by atoms with Crippen molar-refractivity contribution in [2.24, 2.45) is 0 Å². The molecule has 2 rings (SSSR count). The molecule has 1 aromatic carbocycles. The number of esters is 1. The molecule has 140 valence electrons. The summed E-state index contributed by atoms with van der Waals surface area (Å²) in [5, 5.41) is 6.53. The van der Waals surface area contributed by atoms with Crippen LogP contribution in [0.25, 0.3) is 10.4 Å². The highest BCUT2D eigenvalue weighted by Gasteiger charge is 2.20. The molecule has 1 heterocycles. The number of thiocarbonyl (C=S) groups is 1. The third-order valence-corrected chi connectivity index (χ3v) is 4.86. The Labute approximate surface area is 162 Å². The predicted molar refractivity (Wildman–Crippen MR) is 109 cm³/mol. The lowest BCUT2D eigenvalue weighted by molar-refractivity contribution is 0.0533. The maximum atomic E-state index is 12.3. The van der Waals surface area contributed by atoms with Gasteiger partial charge in [0.15, 0.2) is 16.6 Å². The predicted octanol–water partition coefficient (Wildman–Crippen LogP) is 3.92. The van der Waals surface area contributed by atoms with Gasteiger partial charge in [-0.15, -0.1) is 11.3 Å². The van der Waals surface area contributed by atoms with Gasteiger partial charge in [-0.3, -0.25) is 0 Å². The number of benzene rings is 1. The van der Waals surface area contributed by atoms with Crippen molar-refractivity contribution in [3.8, 4) is 21.9 Å². The Balaban J connectivity index is 2.43. The molecule has 0 bridgehead atoms. The second-order valence-corrected chi connectivity index (χ2v) is 6.59. The number of rotatable bonds is 7. The van der Waals surface area contributed by atoms with Crippen LogP contribution in [-0.4, -0.2) is 38.5 Å². The Bertz CT molecular complexity index is 789. The Kier molecular flexibility index (Phi) is 7.23. The van der Waals surface area contributed by atoms with E-state index in [0.29, 0.717) is 40.3 Å². The van der Waals surface area contributed by atoms with Crippen LogP contribution >= 0.6 is 23.6 Å². The standard InChI is InChI=1S/C18H22N2O4S2/c1-5-19-18(25)20-12-10-15(26-16(12)17(21)24-6-2)11-7-8-13(22-3)14(9-11)23-4/h7-10H,5-6H2,1-4H3,(H2,19,20,25). The lowest BCUT2D eigenvalue weighted by Gasteiger charge is -2.09. The van der Waals surface area contributed by atoms with Crippen molar-refractivity contribution in [3.05, 3.63) is 29.1 Å². The van der Waals surface area contributed by atoms with Crippen molar-refractivity contribution in [3.63, 3.8) is 0 Å². The number of nitrogens with one attached hydrogen (secondary N) is 2. The summed E-state index contributed by atoms with van der Waals surface area (Å²) in [6, 6.07) is 7.48. The van der Waals surface area contributed by atoms with Gasteiger partial charge in [0.05, 0.1) is 26.5 Å². The average Bonchev–Trinajstić information content (AvgIpc) is 3.05. The van der Waals surface area contributed by atoms with Crippen molar-refractivity contribution in [1.29, 1.82) is 0 Å². The van der Waals surface area contributed by atoms with Gasteiger partial charge in [-0.25, -0.2) is 4.79 Å². The van der Waals surface area contributed by atoms with Crippen LogP contribution in [0.2, 0.25) is 0 Å². The molecule has 0 saturated heterocycles. The Hall–Kier alpha value is -2.32. The molecule has 0 fully saturated rings. The van der Waals surface area contributed by atoms with E-state index < -0.39 is 0 Å². The van der Waals surface area contributed by atoms with Gasteiger partial charge in [0, 0.05) is 11.4 Å². The number of carbonyl (C=O) groups is 1. The van der Waals surface area contributed by atoms with E-state index >= 15 is 0 Å². The van der Waals surface area contributed by atoms with E-state index in [2.05, 4.69) is 10.6 Å². The second-order valence-electron chi connectivity index (χ2n) is 5.13. The van der Waals surface area contributed by atoms with Gasteiger partial charge in [0.25, 0.3) is 0 Å². The largest absolute Gasteiger partial charge is 0.493 e. The number of anilines is 1. The van der Waals surface area contributed by atoms with Crippen molar-refractivity contribution >= 4 is 40.3 Å². The zero-order valence-corrected chi connectivity index (χ0v) is 16.8. The Morgan fingerprint density at radius 2 is 1.88 bits per heavy atom. The van der Waals surface area contributed by atoms with Crippen LogP contribution in [0, 0.1) is 0 Å². The maximum absolute atomic E-state index is 12.3. The summed E-state index contributed by atoms with van der Waals surface area (Å²) < 4.78 is 15.8. The van der Waals surface area contributed by atoms with E-state index in [1.54, 1.807) is 21.1 Å². The van der Waals surface area contributed by atoms with Crippen LogP contribution in [-0.2, 0) is 4.74 Å². The third-order valence-electron chi connectivity index (χ3n) is 3.45. The van der Waals surface area contributed by atoms with Gasteiger partial charge >= 0.3 is 5.97 Å². The fourth-order valence-corrected chi connectivity index (χ4v) is 3.55. The lowest BCUT2D eigenvalue weighted by atomic mass is 10.1. The summed E-state index contributed by atoms with van der Waals surface area (Å²) >= 11 is 6.57. The molecule has 2 N–H and O–H groups in total. The highest BCUT2D eigenvalue weighted by atomic mass is 32.1. The van der Waals surface area contributed by atoms with Gasteiger partial charge in [0.1, 0.15) is 4.88 Å². The fourth-order valence-electron chi connectivity index (χ4n) is 2.29. The normalized spacial score (nSPS) is 10.2. The molecule has 0 aliphatic rings. The molecule has 0 radical (unpaired) electrons. The topological polar surface area (TPSA) is 68.8 Å². The zero-order valence-electron chi connectivity index (χ0n) is 15.2. The zero-order chi connectivity index (χ0) is 19.1. The quantitative estimate of drug-likeness (QED) is 0.545. The van der Waals surface area contributed by atoms with E-state index in [1.165, 1.54) is 11.3 Å². The molecular weight excluding hydrogens is 372 g/mol. The third kappa shape index (κ3) is 4.64. The first-order chi connectivity index (χ1) is 12.5. The highest BCUT2D eigenvalue weighted by Crippen LogP contribution is 2.39. The summed E-state index contributed by atoms with van der Waals surface area (Å²) in [6.45, 7) is 4.72. The molecule has 8 heteroatoms. The Morgan fingerprint density at radius 1 is 1.15 bits per heavy atom. The van der Waals surface area contributed by atoms with Crippen molar-refractivity contribution in [2.45, 2.75) is 13.8 Å². The number of hydrogen-bond donors (Lipinski definition) is 2. The second kappa shape index (κ2) is 9.40. The summed E-state index contributed by atoms with van der Waals surface area (Å²) in [6.07, 6.45) is 0. The number of methoxy groups -OCH3 is 2. The van der Waals surface area contributed by atoms with Crippen LogP contribution < -0.4 is 20.1 Å². The van der Waals surface area contributed by atoms with Crippen LogP contribution in [0.5, 0.6) is 11.5 Å². The number of thiophene rings is 1. The van der Waals surface area contributed by atoms with Gasteiger partial charge in [-0.1, -0.05) is 0 Å². The fraction of sp³-hybridized carbons (Fsp3) is 0.333. The number of hydrogen-bond acceptors (Lipinski definition) is 6. The summed E-state index contributed by atoms with van der Waals surface area (Å²) in [4.78, 5) is 13.7. The van der Waals surface area contributed by atoms with Gasteiger partial charge in [-0.2, -0.15) is 0 Å². The molecule has 0 saturated carbocycles. The SMILES string of the molecule is CCNC(=S)Nc1cc(-c2ccc(OC)c(OC)c2)sc1C(=O)OCC. The molecule has 0 unspecified atom stereocenters. The molecule has 0 aliphatic carbocycles. The maximum Gasteiger partial charge on any atom is 0.350 e. The number of ether oxygens (including phenoxy) is 3. The smallest absolute Gasteiger partial charge is 0.350 e. The minimum Gasteiger partial charge on any atom is -0.493 e. The first-order valence-corrected chi connectivity index (χ1v) is 9.34.